The van der Waals surface area contributed by atoms with Gasteiger partial charge in [0, 0.05) is 12.5 Å². The van der Waals surface area contributed by atoms with Crippen LogP contribution < -0.4 is 10.6 Å². The summed E-state index contributed by atoms with van der Waals surface area (Å²) in [5, 5.41) is 0. The summed E-state index contributed by atoms with van der Waals surface area (Å²) < 4.78 is 0. The fourth-order valence-electron chi connectivity index (χ4n) is 5.54. The number of benzene rings is 1. The summed E-state index contributed by atoms with van der Waals surface area (Å²) >= 11 is 0. The van der Waals surface area contributed by atoms with Crippen molar-refractivity contribution in [2.75, 3.05) is 17.2 Å². The molecule has 3 saturated carbocycles. The molecule has 1 amide bonds. The predicted octanol–water partition coefficient (Wildman–Crippen LogP) is 2.45. The van der Waals surface area contributed by atoms with E-state index in [9.17, 15) is 4.79 Å². The number of nitrogens with zero attached hydrogens (tertiary/aromatic N) is 1. The third-order valence-electron chi connectivity index (χ3n) is 6.31. The quantitative estimate of drug-likeness (QED) is 0.795. The van der Waals surface area contributed by atoms with Crippen molar-refractivity contribution in [2.45, 2.75) is 25.7 Å². The van der Waals surface area contributed by atoms with Crippen LogP contribution in [0.4, 0.5) is 11.4 Å². The van der Waals surface area contributed by atoms with Gasteiger partial charge in [-0.25, -0.2) is 0 Å². The van der Waals surface area contributed by atoms with Gasteiger partial charge in [0.15, 0.2) is 0 Å². The summed E-state index contributed by atoms with van der Waals surface area (Å²) in [6.45, 7) is 0.827. The first kappa shape index (κ1) is 11.2. The third kappa shape index (κ3) is 1.24. The number of anilines is 2. The SMILES string of the molecule is Nc1cccc2c1N(C(=O)C1C3C4CCC(C4)C13)CC2. The molecule has 4 atom stereocenters. The van der Waals surface area contributed by atoms with E-state index in [2.05, 4.69) is 6.07 Å². The van der Waals surface area contributed by atoms with Gasteiger partial charge >= 0.3 is 0 Å². The maximum Gasteiger partial charge on any atom is 0.230 e. The van der Waals surface area contributed by atoms with E-state index >= 15 is 0 Å². The zero-order chi connectivity index (χ0) is 13.4. The van der Waals surface area contributed by atoms with Gasteiger partial charge in [0.1, 0.15) is 0 Å². The Kier molecular flexibility index (Phi) is 2.00. The number of hydrogen-bond acceptors (Lipinski definition) is 2. The van der Waals surface area contributed by atoms with E-state index in [-0.39, 0.29) is 0 Å². The van der Waals surface area contributed by atoms with Crippen LogP contribution >= 0.6 is 0 Å². The second-order valence-electron chi connectivity index (χ2n) is 7.11. The zero-order valence-corrected chi connectivity index (χ0v) is 11.6. The molecule has 1 aromatic carbocycles. The minimum atomic E-state index is 0.326. The van der Waals surface area contributed by atoms with Crippen molar-refractivity contribution in [3.05, 3.63) is 23.8 Å². The Balaban J connectivity index is 1.45. The van der Waals surface area contributed by atoms with Crippen molar-refractivity contribution >= 4 is 17.3 Å². The summed E-state index contributed by atoms with van der Waals surface area (Å²) in [5.74, 6) is 3.84. The lowest BCUT2D eigenvalue weighted by Gasteiger charge is -2.20. The molecule has 20 heavy (non-hydrogen) atoms. The smallest absolute Gasteiger partial charge is 0.230 e. The summed E-state index contributed by atoms with van der Waals surface area (Å²) in [7, 11) is 0. The van der Waals surface area contributed by atoms with Crippen molar-refractivity contribution in [2.24, 2.45) is 29.6 Å². The number of nitrogen functional groups attached to an aromatic ring is 1. The highest BCUT2D eigenvalue weighted by Crippen LogP contribution is 2.69. The molecule has 1 heterocycles. The third-order valence-corrected chi connectivity index (χ3v) is 6.31. The largest absolute Gasteiger partial charge is 0.397 e. The molecule has 3 nitrogen and oxygen atoms in total. The van der Waals surface area contributed by atoms with E-state index in [0.29, 0.717) is 11.8 Å². The summed E-state index contributed by atoms with van der Waals surface area (Å²) in [5.41, 5.74) is 9.13. The van der Waals surface area contributed by atoms with Crippen LogP contribution in [-0.4, -0.2) is 12.5 Å². The molecule has 3 heteroatoms. The van der Waals surface area contributed by atoms with Crippen molar-refractivity contribution in [1.29, 1.82) is 0 Å². The second-order valence-corrected chi connectivity index (χ2v) is 7.11. The van der Waals surface area contributed by atoms with Crippen LogP contribution in [-0.2, 0) is 11.2 Å². The summed E-state index contributed by atoms with van der Waals surface area (Å²) in [4.78, 5) is 14.9. The molecule has 2 N–H and O–H groups in total. The number of para-hydroxylation sites is 1. The Labute approximate surface area is 119 Å². The van der Waals surface area contributed by atoms with E-state index in [4.69, 9.17) is 5.73 Å². The lowest BCUT2D eigenvalue weighted by molar-refractivity contribution is -0.120. The first-order chi connectivity index (χ1) is 9.75. The molecule has 104 valence electrons. The van der Waals surface area contributed by atoms with Gasteiger partial charge < -0.3 is 10.6 Å². The van der Waals surface area contributed by atoms with Gasteiger partial charge in [0.05, 0.1) is 11.4 Å². The van der Waals surface area contributed by atoms with Gasteiger partial charge in [-0.2, -0.15) is 0 Å². The molecule has 1 aliphatic heterocycles. The van der Waals surface area contributed by atoms with Gasteiger partial charge in [0.2, 0.25) is 5.91 Å². The van der Waals surface area contributed by atoms with E-state index < -0.39 is 0 Å². The van der Waals surface area contributed by atoms with Crippen LogP contribution in [0.25, 0.3) is 0 Å². The Morgan fingerprint density at radius 1 is 1.20 bits per heavy atom. The predicted molar refractivity (Wildman–Crippen MR) is 78.2 cm³/mol. The fraction of sp³-hybridized carbons (Fsp3) is 0.588. The maximum atomic E-state index is 12.9. The highest BCUT2D eigenvalue weighted by molar-refractivity contribution is 6.01. The Bertz CT molecular complexity index is 595. The Morgan fingerprint density at radius 3 is 2.70 bits per heavy atom. The standard InChI is InChI=1S/C17H20N2O/c18-12-3-1-2-9-6-7-19(16(9)12)17(20)15-13-10-4-5-11(8-10)14(13)15/h1-3,10-11,13-15H,4-8,18H2. The molecular formula is C17H20N2O. The molecule has 0 saturated heterocycles. The van der Waals surface area contributed by atoms with Gasteiger partial charge in [-0.1, -0.05) is 12.1 Å². The van der Waals surface area contributed by atoms with E-state index in [1.54, 1.807) is 0 Å². The van der Waals surface area contributed by atoms with Crippen LogP contribution in [0.3, 0.4) is 0 Å². The number of carbonyl (C=O) groups excluding carboxylic acids is 1. The van der Waals surface area contributed by atoms with Crippen LogP contribution in [0.15, 0.2) is 18.2 Å². The van der Waals surface area contributed by atoms with Crippen LogP contribution in [0.1, 0.15) is 24.8 Å². The molecule has 2 bridgehead atoms. The van der Waals surface area contributed by atoms with E-state index in [1.165, 1.54) is 24.8 Å². The van der Waals surface area contributed by atoms with E-state index in [0.717, 1.165) is 48.0 Å². The lowest BCUT2D eigenvalue weighted by atomic mass is 10.0. The van der Waals surface area contributed by atoms with Crippen molar-refractivity contribution in [3.8, 4) is 0 Å². The Hall–Kier alpha value is -1.51. The summed E-state index contributed by atoms with van der Waals surface area (Å²) in [6.07, 6.45) is 5.10. The molecular weight excluding hydrogens is 248 g/mol. The Morgan fingerprint density at radius 2 is 1.95 bits per heavy atom. The molecule has 0 radical (unpaired) electrons. The minimum Gasteiger partial charge on any atom is -0.397 e. The van der Waals surface area contributed by atoms with Crippen LogP contribution in [0.2, 0.25) is 0 Å². The maximum absolute atomic E-state index is 12.9. The molecule has 0 spiro atoms. The van der Waals surface area contributed by atoms with Gasteiger partial charge in [-0.3, -0.25) is 4.79 Å². The normalized spacial score (nSPS) is 39.8. The van der Waals surface area contributed by atoms with Crippen molar-refractivity contribution < 1.29 is 4.79 Å². The fourth-order valence-corrected chi connectivity index (χ4v) is 5.54. The van der Waals surface area contributed by atoms with Gasteiger partial charge in [-0.15, -0.1) is 0 Å². The number of amides is 1. The van der Waals surface area contributed by atoms with Gasteiger partial charge in [0.25, 0.3) is 0 Å². The highest BCUT2D eigenvalue weighted by atomic mass is 16.2. The van der Waals surface area contributed by atoms with Crippen molar-refractivity contribution in [1.82, 2.24) is 0 Å². The molecule has 5 rings (SSSR count). The highest BCUT2D eigenvalue weighted by Gasteiger charge is 2.68. The molecule has 0 aromatic heterocycles. The minimum absolute atomic E-state index is 0.326. The topological polar surface area (TPSA) is 46.3 Å². The molecule has 1 aromatic rings. The molecule has 4 unspecified atom stereocenters. The van der Waals surface area contributed by atoms with Crippen molar-refractivity contribution in [3.63, 3.8) is 0 Å². The van der Waals surface area contributed by atoms with E-state index in [1.807, 2.05) is 17.0 Å². The average Bonchev–Trinajstić information content (AvgIpc) is 2.83. The summed E-state index contributed by atoms with van der Waals surface area (Å²) in [6, 6.07) is 6.02. The molecule has 3 aliphatic carbocycles. The van der Waals surface area contributed by atoms with Gasteiger partial charge in [-0.05, 0) is 61.0 Å². The average molecular weight is 268 g/mol. The first-order valence-electron chi connectivity index (χ1n) is 7.94. The van der Waals surface area contributed by atoms with Crippen LogP contribution in [0.5, 0.6) is 0 Å². The first-order valence-corrected chi connectivity index (χ1v) is 7.94. The number of hydrogen-bond donors (Lipinski definition) is 1. The molecule has 4 aliphatic rings. The number of rotatable bonds is 1. The monoisotopic (exact) mass is 268 g/mol. The van der Waals surface area contributed by atoms with Crippen LogP contribution in [0, 0.1) is 29.6 Å². The number of nitrogens with two attached hydrogens (primary N) is 1. The second kappa shape index (κ2) is 3.57. The number of carbonyl (C=O) groups is 1. The molecule has 3 fully saturated rings. The zero-order valence-electron chi connectivity index (χ0n) is 11.6. The lowest BCUT2D eigenvalue weighted by Crippen LogP contribution is -2.32. The number of fused-ring (bicyclic) bond motifs is 6.